The van der Waals surface area contributed by atoms with E-state index >= 15 is 0 Å². The highest BCUT2D eigenvalue weighted by Gasteiger charge is 2.16. The molecule has 0 saturated heterocycles. The van der Waals surface area contributed by atoms with Crippen LogP contribution in [0.15, 0.2) is 12.4 Å². The maximum absolute atomic E-state index is 5.65. The lowest BCUT2D eigenvalue weighted by Gasteiger charge is -2.21. The van der Waals surface area contributed by atoms with Crippen LogP contribution in [-0.4, -0.2) is 16.3 Å². The molecule has 1 aliphatic rings. The van der Waals surface area contributed by atoms with Gasteiger partial charge in [0.05, 0.1) is 12.2 Å². The predicted molar refractivity (Wildman–Crippen MR) is 61.8 cm³/mol. The summed E-state index contributed by atoms with van der Waals surface area (Å²) in [7, 11) is 0. The Bertz CT molecular complexity index is 300. The fourth-order valence-electron chi connectivity index (χ4n) is 2.29. The Morgan fingerprint density at radius 2 is 2.20 bits per heavy atom. The fourth-order valence-corrected chi connectivity index (χ4v) is 2.29. The van der Waals surface area contributed by atoms with E-state index in [2.05, 4.69) is 22.9 Å². The normalized spacial score (nSPS) is 20.4. The van der Waals surface area contributed by atoms with Crippen molar-refractivity contribution in [2.24, 2.45) is 5.73 Å². The fraction of sp³-hybridized carbons (Fsp3) is 0.750. The zero-order valence-corrected chi connectivity index (χ0v) is 9.52. The molecule has 0 spiro atoms. The molecule has 3 nitrogen and oxygen atoms in total. The van der Waals surface area contributed by atoms with Gasteiger partial charge in [0, 0.05) is 6.20 Å². The second-order valence-electron chi connectivity index (χ2n) is 4.68. The zero-order valence-electron chi connectivity index (χ0n) is 9.52. The van der Waals surface area contributed by atoms with Crippen molar-refractivity contribution in [1.29, 1.82) is 0 Å². The van der Waals surface area contributed by atoms with Crippen molar-refractivity contribution < 1.29 is 0 Å². The minimum Gasteiger partial charge on any atom is -0.330 e. The van der Waals surface area contributed by atoms with Crippen LogP contribution in [-0.2, 0) is 0 Å². The van der Waals surface area contributed by atoms with Gasteiger partial charge in [-0.05, 0) is 30.9 Å². The molecule has 2 rings (SSSR count). The summed E-state index contributed by atoms with van der Waals surface area (Å²) in [6.07, 6.45) is 10.8. The molecule has 1 heterocycles. The maximum atomic E-state index is 5.65. The minimum atomic E-state index is 0.433. The van der Waals surface area contributed by atoms with Gasteiger partial charge in [-0.2, -0.15) is 5.10 Å². The molecule has 1 fully saturated rings. The minimum absolute atomic E-state index is 0.433. The lowest BCUT2D eigenvalue weighted by molar-refractivity contribution is 0.329. The first kappa shape index (κ1) is 10.7. The van der Waals surface area contributed by atoms with Gasteiger partial charge in [-0.1, -0.05) is 26.2 Å². The molecule has 15 heavy (non-hydrogen) atoms. The molecule has 0 radical (unpaired) electrons. The topological polar surface area (TPSA) is 43.8 Å². The molecule has 1 aromatic heterocycles. The monoisotopic (exact) mass is 207 g/mol. The van der Waals surface area contributed by atoms with Crippen molar-refractivity contribution in [2.75, 3.05) is 6.54 Å². The molecule has 1 aromatic rings. The van der Waals surface area contributed by atoms with E-state index in [9.17, 15) is 0 Å². The molecule has 84 valence electrons. The van der Waals surface area contributed by atoms with Gasteiger partial charge >= 0.3 is 0 Å². The van der Waals surface area contributed by atoms with E-state index in [1.165, 1.54) is 37.7 Å². The van der Waals surface area contributed by atoms with Gasteiger partial charge in [0.1, 0.15) is 0 Å². The van der Waals surface area contributed by atoms with Gasteiger partial charge in [0.25, 0.3) is 0 Å². The lowest BCUT2D eigenvalue weighted by atomic mass is 9.96. The largest absolute Gasteiger partial charge is 0.330 e. The van der Waals surface area contributed by atoms with Crippen LogP contribution in [0.3, 0.4) is 0 Å². The third kappa shape index (κ3) is 2.40. The van der Waals surface area contributed by atoms with Crippen LogP contribution >= 0.6 is 0 Å². The Balaban J connectivity index is 2.05. The molecule has 1 unspecified atom stereocenters. The first-order valence-electron chi connectivity index (χ1n) is 6.05. The second kappa shape index (κ2) is 4.79. The van der Waals surface area contributed by atoms with Gasteiger partial charge in [-0.3, -0.25) is 4.68 Å². The van der Waals surface area contributed by atoms with E-state index in [0.29, 0.717) is 18.5 Å². The smallest absolute Gasteiger partial charge is 0.0525 e. The lowest BCUT2D eigenvalue weighted by Crippen LogP contribution is -2.13. The molecule has 0 aliphatic heterocycles. The third-order valence-electron chi connectivity index (χ3n) is 3.49. The molecule has 1 aliphatic carbocycles. The third-order valence-corrected chi connectivity index (χ3v) is 3.49. The van der Waals surface area contributed by atoms with Crippen molar-refractivity contribution in [3.63, 3.8) is 0 Å². The number of hydrogen-bond donors (Lipinski definition) is 1. The quantitative estimate of drug-likeness (QED) is 0.827. The van der Waals surface area contributed by atoms with E-state index in [4.69, 9.17) is 5.73 Å². The van der Waals surface area contributed by atoms with E-state index in [1.807, 2.05) is 6.20 Å². The van der Waals surface area contributed by atoms with Gasteiger partial charge in [0.2, 0.25) is 0 Å². The molecule has 0 aromatic carbocycles. The Labute approximate surface area is 91.7 Å². The number of hydrogen-bond acceptors (Lipinski definition) is 2. The van der Waals surface area contributed by atoms with Crippen LogP contribution in [0.1, 0.15) is 56.6 Å². The number of rotatable bonds is 3. The second-order valence-corrected chi connectivity index (χ2v) is 4.68. The molecule has 1 saturated carbocycles. The molecular weight excluding hydrogens is 186 g/mol. The average molecular weight is 207 g/mol. The van der Waals surface area contributed by atoms with E-state index in [1.54, 1.807) is 0 Å². The molecule has 0 bridgehead atoms. The predicted octanol–water partition coefficient (Wildman–Crippen LogP) is 2.45. The highest BCUT2D eigenvalue weighted by Crippen LogP contribution is 2.28. The molecule has 1 atom stereocenters. The van der Waals surface area contributed by atoms with Gasteiger partial charge < -0.3 is 5.73 Å². The summed E-state index contributed by atoms with van der Waals surface area (Å²) >= 11 is 0. The van der Waals surface area contributed by atoms with Crippen molar-refractivity contribution in [2.45, 2.75) is 51.0 Å². The SMILES string of the molecule is CC(CN)c1cnn(C2CCCCC2)c1. The summed E-state index contributed by atoms with van der Waals surface area (Å²) in [5.41, 5.74) is 6.94. The summed E-state index contributed by atoms with van der Waals surface area (Å²) in [6.45, 7) is 2.86. The average Bonchev–Trinajstić information content (AvgIpc) is 2.78. The highest BCUT2D eigenvalue weighted by molar-refractivity contribution is 5.11. The van der Waals surface area contributed by atoms with Crippen LogP contribution in [0.5, 0.6) is 0 Å². The number of aromatic nitrogens is 2. The molecule has 3 heteroatoms. The summed E-state index contributed by atoms with van der Waals surface area (Å²) in [6, 6.07) is 0.637. The first-order valence-corrected chi connectivity index (χ1v) is 6.05. The van der Waals surface area contributed by atoms with Crippen LogP contribution in [0.25, 0.3) is 0 Å². The van der Waals surface area contributed by atoms with E-state index in [0.717, 1.165) is 0 Å². The molecular formula is C12H21N3. The Hall–Kier alpha value is -0.830. The van der Waals surface area contributed by atoms with Gasteiger partial charge in [0.15, 0.2) is 0 Å². The van der Waals surface area contributed by atoms with Crippen molar-refractivity contribution in [1.82, 2.24) is 9.78 Å². The van der Waals surface area contributed by atoms with Crippen molar-refractivity contribution >= 4 is 0 Å². The standard InChI is InChI=1S/C12H21N3/c1-10(7-13)11-8-14-15(9-11)12-5-3-2-4-6-12/h8-10,12H,2-7,13H2,1H3. The highest BCUT2D eigenvalue weighted by atomic mass is 15.3. The van der Waals surface area contributed by atoms with E-state index in [-0.39, 0.29) is 0 Å². The number of nitrogens with zero attached hydrogens (tertiary/aromatic N) is 2. The van der Waals surface area contributed by atoms with Crippen LogP contribution in [0, 0.1) is 0 Å². The van der Waals surface area contributed by atoms with Crippen LogP contribution in [0.2, 0.25) is 0 Å². The van der Waals surface area contributed by atoms with E-state index < -0.39 is 0 Å². The summed E-state index contributed by atoms with van der Waals surface area (Å²) in [5.74, 6) is 0.433. The Morgan fingerprint density at radius 3 is 2.87 bits per heavy atom. The summed E-state index contributed by atoms with van der Waals surface area (Å²) in [5, 5.41) is 4.47. The van der Waals surface area contributed by atoms with Crippen LogP contribution in [0.4, 0.5) is 0 Å². The maximum Gasteiger partial charge on any atom is 0.0525 e. The summed E-state index contributed by atoms with van der Waals surface area (Å²) in [4.78, 5) is 0. The first-order chi connectivity index (χ1) is 7.31. The number of nitrogens with two attached hydrogens (primary N) is 1. The van der Waals surface area contributed by atoms with Gasteiger partial charge in [-0.25, -0.2) is 0 Å². The van der Waals surface area contributed by atoms with Crippen molar-refractivity contribution in [3.8, 4) is 0 Å². The Kier molecular flexibility index (Phi) is 3.41. The zero-order chi connectivity index (χ0) is 10.7. The summed E-state index contributed by atoms with van der Waals surface area (Å²) < 4.78 is 2.15. The van der Waals surface area contributed by atoms with Gasteiger partial charge in [-0.15, -0.1) is 0 Å². The molecule has 0 amide bonds. The van der Waals surface area contributed by atoms with Crippen LogP contribution < -0.4 is 5.73 Å². The Morgan fingerprint density at radius 1 is 1.47 bits per heavy atom. The van der Waals surface area contributed by atoms with Crippen molar-refractivity contribution in [3.05, 3.63) is 18.0 Å². The molecule has 2 N–H and O–H groups in total.